The first-order valence-corrected chi connectivity index (χ1v) is 19.0. The normalized spacial score (nSPS) is 12.4. The lowest BCUT2D eigenvalue weighted by Gasteiger charge is -2.20. The first kappa shape index (κ1) is 30.8. The Morgan fingerprint density at radius 2 is 1.15 bits per heavy atom. The maximum Gasteiger partial charge on any atom is 0.143 e. The predicted octanol–water partition coefficient (Wildman–Crippen LogP) is 14.4. The quantitative estimate of drug-likeness (QED) is 0.155. The lowest BCUT2D eigenvalue weighted by atomic mass is 9.85. The number of thiophene rings is 1. The summed E-state index contributed by atoms with van der Waals surface area (Å²) >= 11 is 1.87. The van der Waals surface area contributed by atoms with Crippen LogP contribution in [0.15, 0.2) is 180 Å². The Morgan fingerprint density at radius 3 is 2.04 bits per heavy atom. The third-order valence-electron chi connectivity index (χ3n) is 10.9. The highest BCUT2D eigenvalue weighted by Gasteiger charge is 2.17. The summed E-state index contributed by atoms with van der Waals surface area (Å²) in [6, 6.07) is 64.5. The van der Waals surface area contributed by atoms with Crippen LogP contribution in [0, 0.1) is 0 Å². The molecule has 0 bridgehead atoms. The van der Waals surface area contributed by atoms with Gasteiger partial charge in [0.05, 0.1) is 0 Å². The van der Waals surface area contributed by atoms with Crippen molar-refractivity contribution in [1.29, 1.82) is 0 Å². The molecule has 2 heteroatoms. The standard InChI is InChI=1S/C50H36OS/c1-2-12-41-36(9-1)10-7-11-40(41)31-38(35-25-27-37(28-26-35)42-15-8-16-45-43-13-3-5-17-47(43)51-50(42)45)24-21-33-19-22-34(23-20-33)39-29-30-49-46(32-39)44-14-4-6-18-48(44)52-49/h1-20,22-23,25-30,32,38H,21,24,31H2. The summed E-state index contributed by atoms with van der Waals surface area (Å²) in [6.45, 7) is 0. The van der Waals surface area contributed by atoms with E-state index in [0.717, 1.165) is 46.8 Å². The molecule has 0 saturated carbocycles. The van der Waals surface area contributed by atoms with Crippen LogP contribution in [0.1, 0.15) is 29.0 Å². The van der Waals surface area contributed by atoms with Crippen LogP contribution in [0.25, 0.3) is 75.1 Å². The van der Waals surface area contributed by atoms with E-state index < -0.39 is 0 Å². The van der Waals surface area contributed by atoms with Crippen LogP contribution in [0.5, 0.6) is 0 Å². The van der Waals surface area contributed by atoms with E-state index >= 15 is 0 Å². The van der Waals surface area contributed by atoms with Gasteiger partial charge in [0.1, 0.15) is 11.2 Å². The highest BCUT2D eigenvalue weighted by molar-refractivity contribution is 7.25. The van der Waals surface area contributed by atoms with Crippen LogP contribution < -0.4 is 0 Å². The minimum absolute atomic E-state index is 0.371. The van der Waals surface area contributed by atoms with Gasteiger partial charge in [-0.2, -0.15) is 0 Å². The zero-order valence-electron chi connectivity index (χ0n) is 28.8. The SMILES string of the molecule is c1ccc2c(CC(CCc3ccc(-c4ccc5sc6ccccc6c5c4)cc3)c3ccc(-c4cccc5c4oc4ccccc45)cc3)cccc2c1. The van der Waals surface area contributed by atoms with E-state index in [1.54, 1.807) is 0 Å². The highest BCUT2D eigenvalue weighted by Crippen LogP contribution is 2.38. The van der Waals surface area contributed by atoms with Gasteiger partial charge in [0, 0.05) is 36.5 Å². The molecule has 10 aromatic rings. The first-order valence-electron chi connectivity index (χ1n) is 18.2. The molecule has 0 N–H and O–H groups in total. The Kier molecular flexibility index (Phi) is 7.70. The Balaban J connectivity index is 0.947. The number of fused-ring (bicyclic) bond motifs is 7. The smallest absolute Gasteiger partial charge is 0.143 e. The van der Waals surface area contributed by atoms with Crippen molar-refractivity contribution >= 4 is 64.2 Å². The summed E-state index contributed by atoms with van der Waals surface area (Å²) in [4.78, 5) is 0. The van der Waals surface area contributed by atoms with Gasteiger partial charge in [-0.3, -0.25) is 0 Å². The van der Waals surface area contributed by atoms with Crippen LogP contribution >= 0.6 is 11.3 Å². The van der Waals surface area contributed by atoms with E-state index in [4.69, 9.17) is 4.42 Å². The second kappa shape index (κ2) is 13.0. The summed E-state index contributed by atoms with van der Waals surface area (Å²) < 4.78 is 9.09. The van der Waals surface area contributed by atoms with Gasteiger partial charge < -0.3 is 4.42 Å². The monoisotopic (exact) mass is 684 g/mol. The molecule has 1 atom stereocenters. The van der Waals surface area contributed by atoms with E-state index in [-0.39, 0.29) is 0 Å². The molecule has 0 aliphatic heterocycles. The van der Waals surface area contributed by atoms with Crippen molar-refractivity contribution in [2.45, 2.75) is 25.2 Å². The van der Waals surface area contributed by atoms with E-state index in [1.807, 2.05) is 17.4 Å². The number of aryl methyl sites for hydroxylation is 1. The number of rotatable bonds is 8. The minimum Gasteiger partial charge on any atom is -0.455 e. The molecule has 8 aromatic carbocycles. The third kappa shape index (κ3) is 5.57. The van der Waals surface area contributed by atoms with Gasteiger partial charge in [0.15, 0.2) is 0 Å². The summed E-state index contributed by atoms with van der Waals surface area (Å²) in [6.07, 6.45) is 3.07. The van der Waals surface area contributed by atoms with Crippen molar-refractivity contribution in [3.63, 3.8) is 0 Å². The van der Waals surface area contributed by atoms with Gasteiger partial charge in [0.25, 0.3) is 0 Å². The number of hydrogen-bond acceptors (Lipinski definition) is 2. The molecule has 52 heavy (non-hydrogen) atoms. The van der Waals surface area contributed by atoms with Crippen LogP contribution in [0.4, 0.5) is 0 Å². The molecule has 0 radical (unpaired) electrons. The summed E-state index contributed by atoms with van der Waals surface area (Å²) in [5, 5.41) is 7.67. The lowest BCUT2D eigenvalue weighted by Crippen LogP contribution is -2.06. The van der Waals surface area contributed by atoms with Gasteiger partial charge in [0.2, 0.25) is 0 Å². The molecule has 0 saturated heterocycles. The molecule has 0 spiro atoms. The summed E-state index contributed by atoms with van der Waals surface area (Å²) in [5.74, 6) is 0.371. The lowest BCUT2D eigenvalue weighted by molar-refractivity contribution is 0.623. The van der Waals surface area contributed by atoms with Crippen molar-refractivity contribution in [3.05, 3.63) is 193 Å². The largest absolute Gasteiger partial charge is 0.455 e. The number of hydrogen-bond donors (Lipinski definition) is 0. The Morgan fingerprint density at radius 1 is 0.481 bits per heavy atom. The molecule has 2 aromatic heterocycles. The molecular weight excluding hydrogens is 649 g/mol. The average molecular weight is 685 g/mol. The molecule has 248 valence electrons. The molecular formula is C50H36OS. The molecule has 1 nitrogen and oxygen atoms in total. The Labute approximate surface area is 307 Å². The first-order chi connectivity index (χ1) is 25.7. The topological polar surface area (TPSA) is 13.1 Å². The second-order valence-corrected chi connectivity index (χ2v) is 15.1. The summed E-state index contributed by atoms with van der Waals surface area (Å²) in [7, 11) is 0. The molecule has 10 rings (SSSR count). The molecule has 0 aliphatic rings. The van der Waals surface area contributed by atoms with Gasteiger partial charge in [-0.05, 0) is 93.6 Å². The van der Waals surface area contributed by atoms with Crippen LogP contribution in [-0.2, 0) is 12.8 Å². The van der Waals surface area contributed by atoms with Crippen molar-refractivity contribution in [2.24, 2.45) is 0 Å². The van der Waals surface area contributed by atoms with Crippen molar-refractivity contribution < 1.29 is 4.42 Å². The maximum atomic E-state index is 6.39. The van der Waals surface area contributed by atoms with Crippen molar-refractivity contribution in [2.75, 3.05) is 0 Å². The van der Waals surface area contributed by atoms with Gasteiger partial charge in [-0.1, -0.05) is 152 Å². The van der Waals surface area contributed by atoms with Gasteiger partial charge >= 0.3 is 0 Å². The van der Waals surface area contributed by atoms with Gasteiger partial charge in [-0.15, -0.1) is 11.3 Å². The van der Waals surface area contributed by atoms with E-state index in [1.165, 1.54) is 64.3 Å². The van der Waals surface area contributed by atoms with Crippen molar-refractivity contribution in [3.8, 4) is 22.3 Å². The zero-order chi connectivity index (χ0) is 34.4. The molecule has 0 amide bonds. The fourth-order valence-corrected chi connectivity index (χ4v) is 9.23. The zero-order valence-corrected chi connectivity index (χ0v) is 29.6. The van der Waals surface area contributed by atoms with E-state index in [2.05, 4.69) is 170 Å². The highest BCUT2D eigenvalue weighted by atomic mass is 32.1. The number of para-hydroxylation sites is 2. The average Bonchev–Trinajstić information content (AvgIpc) is 3.78. The minimum atomic E-state index is 0.371. The fraction of sp³-hybridized carbons (Fsp3) is 0.0800. The van der Waals surface area contributed by atoms with Crippen LogP contribution in [0.2, 0.25) is 0 Å². The third-order valence-corrected chi connectivity index (χ3v) is 12.0. The molecule has 1 unspecified atom stereocenters. The molecule has 0 fully saturated rings. The van der Waals surface area contributed by atoms with Gasteiger partial charge in [-0.25, -0.2) is 0 Å². The summed E-state index contributed by atoms with van der Waals surface area (Å²) in [5.41, 5.74) is 10.9. The molecule has 0 aliphatic carbocycles. The maximum absolute atomic E-state index is 6.39. The number of furan rings is 1. The van der Waals surface area contributed by atoms with Crippen LogP contribution in [0.3, 0.4) is 0 Å². The Hall–Kier alpha value is -5.96. The van der Waals surface area contributed by atoms with Crippen LogP contribution in [-0.4, -0.2) is 0 Å². The predicted molar refractivity (Wildman–Crippen MR) is 223 cm³/mol. The second-order valence-electron chi connectivity index (χ2n) is 14.0. The Bertz CT molecular complexity index is 2870. The number of benzene rings is 8. The fourth-order valence-electron chi connectivity index (χ4n) is 8.14. The molecule has 2 heterocycles. The van der Waals surface area contributed by atoms with Crippen molar-refractivity contribution in [1.82, 2.24) is 0 Å². The van der Waals surface area contributed by atoms with E-state index in [9.17, 15) is 0 Å². The van der Waals surface area contributed by atoms with E-state index in [0.29, 0.717) is 5.92 Å².